The average Bonchev–Trinajstić information content (AvgIpc) is 3.49. The number of aliphatic hydroxyl groups is 1. The number of esters is 1. The Morgan fingerprint density at radius 2 is 1.52 bits per heavy atom. The quantitative estimate of drug-likeness (QED) is 0.103. The molecule has 1 aliphatic heterocycles. The number of allylic oxidation sites excluding steroid dienone is 1. The molecule has 1 fully saturated rings. The molecular formula is C39H43NO10. The number of cyclic esters (lactones) is 1. The van der Waals surface area contributed by atoms with Gasteiger partial charge in [-0.3, -0.25) is 19.2 Å². The molecule has 4 rings (SSSR count). The van der Waals surface area contributed by atoms with Crippen LogP contribution in [-0.2, 0) is 57.6 Å². The number of benzene rings is 3. The second kappa shape index (κ2) is 19.9. The maximum absolute atomic E-state index is 14.2. The summed E-state index contributed by atoms with van der Waals surface area (Å²) in [6, 6.07) is 27.1. The van der Waals surface area contributed by atoms with Crippen LogP contribution < -0.4 is 0 Å². The fourth-order valence-corrected chi connectivity index (χ4v) is 5.51. The van der Waals surface area contributed by atoms with Gasteiger partial charge in [-0.05, 0) is 48.1 Å². The van der Waals surface area contributed by atoms with E-state index in [9.17, 15) is 29.1 Å². The molecule has 1 N–H and O–H groups in total. The first-order chi connectivity index (χ1) is 24.2. The molecule has 0 radical (unpaired) electrons. The van der Waals surface area contributed by atoms with Crippen molar-refractivity contribution >= 4 is 29.5 Å². The maximum atomic E-state index is 14.2. The van der Waals surface area contributed by atoms with Gasteiger partial charge in [0, 0.05) is 20.0 Å². The number of ketones is 2. The van der Waals surface area contributed by atoms with Gasteiger partial charge < -0.3 is 24.1 Å². The Balaban J connectivity index is 1.39. The standard InChI is InChI=1S/C39H43NO10/c1-28(42)50-37(36(44)20-19-33(43)18-11-21-47-27-34(24-41)48-25-31-16-9-4-10-17-31)35(23-30-14-7-3-8-15-30)38(45)40-32(26-49-39(40)46)22-29-12-5-2-6-13-29/h2-10,12-17,19-20,32,34-35,37,41H,11,18,21-27H2,1H3/t32-,34-,35+,37-/m1/s1. The Bertz CT molecular complexity index is 1580. The predicted molar refractivity (Wildman–Crippen MR) is 183 cm³/mol. The molecule has 4 atom stereocenters. The van der Waals surface area contributed by atoms with Gasteiger partial charge >= 0.3 is 12.1 Å². The van der Waals surface area contributed by atoms with E-state index in [1.54, 1.807) is 30.3 Å². The van der Waals surface area contributed by atoms with Gasteiger partial charge in [-0.2, -0.15) is 0 Å². The van der Waals surface area contributed by atoms with E-state index in [4.69, 9.17) is 18.9 Å². The topological polar surface area (TPSA) is 146 Å². The molecule has 3 aromatic rings. The van der Waals surface area contributed by atoms with Crippen molar-refractivity contribution in [3.05, 3.63) is 120 Å². The van der Waals surface area contributed by atoms with Gasteiger partial charge in [0.15, 0.2) is 17.7 Å². The first-order valence-corrected chi connectivity index (χ1v) is 16.6. The van der Waals surface area contributed by atoms with Crippen LogP contribution in [0, 0.1) is 5.92 Å². The number of nitrogens with zero attached hydrogens (tertiary/aromatic N) is 1. The van der Waals surface area contributed by atoms with E-state index >= 15 is 0 Å². The van der Waals surface area contributed by atoms with Gasteiger partial charge in [0.25, 0.3) is 0 Å². The fourth-order valence-electron chi connectivity index (χ4n) is 5.51. The molecule has 0 bridgehead atoms. The zero-order valence-electron chi connectivity index (χ0n) is 28.1. The summed E-state index contributed by atoms with van der Waals surface area (Å²) in [7, 11) is 0. The Morgan fingerprint density at radius 1 is 0.900 bits per heavy atom. The first kappa shape index (κ1) is 37.8. The molecule has 0 spiro atoms. The highest BCUT2D eigenvalue weighted by Crippen LogP contribution is 2.26. The van der Waals surface area contributed by atoms with E-state index in [1.807, 2.05) is 60.7 Å². The lowest BCUT2D eigenvalue weighted by Gasteiger charge is -2.29. The van der Waals surface area contributed by atoms with E-state index in [0.29, 0.717) is 25.0 Å². The highest BCUT2D eigenvalue weighted by molar-refractivity contribution is 6.04. The summed E-state index contributed by atoms with van der Waals surface area (Å²) in [6.45, 7) is 1.57. The molecule has 11 nitrogen and oxygen atoms in total. The largest absolute Gasteiger partial charge is 0.453 e. The van der Waals surface area contributed by atoms with Crippen molar-refractivity contribution in [2.75, 3.05) is 26.4 Å². The summed E-state index contributed by atoms with van der Waals surface area (Å²) >= 11 is 0. The van der Waals surface area contributed by atoms with E-state index in [1.165, 1.54) is 0 Å². The molecule has 0 saturated carbocycles. The number of imide groups is 1. The molecule has 50 heavy (non-hydrogen) atoms. The molecule has 0 aliphatic carbocycles. The molecule has 1 saturated heterocycles. The predicted octanol–water partition coefficient (Wildman–Crippen LogP) is 4.44. The summed E-state index contributed by atoms with van der Waals surface area (Å²) in [5, 5.41) is 9.60. The third kappa shape index (κ3) is 11.9. The van der Waals surface area contributed by atoms with Crippen LogP contribution in [0.25, 0.3) is 0 Å². The number of hydrogen-bond acceptors (Lipinski definition) is 10. The van der Waals surface area contributed by atoms with Crippen molar-refractivity contribution < 1.29 is 48.0 Å². The SMILES string of the molecule is CC(=O)O[C@@H](C(=O)C=CC(=O)CCCOC[C@@H](CO)OCc1ccccc1)[C@H](Cc1ccccc1)C(=O)N1C(=O)OC[C@H]1Cc1ccccc1. The van der Waals surface area contributed by atoms with Gasteiger partial charge in [-0.15, -0.1) is 0 Å². The number of amides is 2. The minimum absolute atomic E-state index is 0.0196. The van der Waals surface area contributed by atoms with Crippen molar-refractivity contribution in [3.63, 3.8) is 0 Å². The smallest absolute Gasteiger partial charge is 0.416 e. The van der Waals surface area contributed by atoms with Crippen LogP contribution in [0.2, 0.25) is 0 Å². The lowest BCUT2D eigenvalue weighted by Crippen LogP contribution is -2.49. The van der Waals surface area contributed by atoms with Crippen molar-refractivity contribution in [3.8, 4) is 0 Å². The molecule has 11 heteroatoms. The summed E-state index contributed by atoms with van der Waals surface area (Å²) in [5.41, 5.74) is 2.53. The van der Waals surface area contributed by atoms with Gasteiger partial charge in [0.1, 0.15) is 12.7 Å². The first-order valence-electron chi connectivity index (χ1n) is 16.6. The van der Waals surface area contributed by atoms with Crippen LogP contribution in [0.4, 0.5) is 4.79 Å². The molecule has 0 aromatic heterocycles. The highest BCUT2D eigenvalue weighted by atomic mass is 16.6. The lowest BCUT2D eigenvalue weighted by molar-refractivity contribution is -0.158. The molecule has 0 unspecified atom stereocenters. The van der Waals surface area contributed by atoms with E-state index in [2.05, 4.69) is 0 Å². The fraction of sp³-hybridized carbons (Fsp3) is 0.359. The Hall–Kier alpha value is -4.97. The summed E-state index contributed by atoms with van der Waals surface area (Å²) in [5.74, 6) is -3.95. The van der Waals surface area contributed by atoms with Gasteiger partial charge in [0.2, 0.25) is 5.91 Å². The lowest BCUT2D eigenvalue weighted by atomic mass is 9.89. The number of rotatable bonds is 20. The second-order valence-corrected chi connectivity index (χ2v) is 11.9. The summed E-state index contributed by atoms with van der Waals surface area (Å²) in [4.78, 5) is 66.5. The van der Waals surface area contributed by atoms with Crippen LogP contribution in [0.15, 0.2) is 103 Å². The van der Waals surface area contributed by atoms with Crippen molar-refractivity contribution in [1.29, 1.82) is 0 Å². The van der Waals surface area contributed by atoms with Gasteiger partial charge in [0.05, 0.1) is 31.8 Å². The third-order valence-corrected chi connectivity index (χ3v) is 8.05. The van der Waals surface area contributed by atoms with E-state index in [-0.39, 0.29) is 45.1 Å². The zero-order chi connectivity index (χ0) is 35.7. The Labute approximate surface area is 291 Å². The average molecular weight is 686 g/mol. The molecule has 264 valence electrons. The van der Waals surface area contributed by atoms with Crippen molar-refractivity contribution in [2.24, 2.45) is 5.92 Å². The van der Waals surface area contributed by atoms with E-state index < -0.39 is 47.9 Å². The number of ether oxygens (including phenoxy) is 4. The Kier molecular flexibility index (Phi) is 15.0. The maximum Gasteiger partial charge on any atom is 0.416 e. The zero-order valence-corrected chi connectivity index (χ0v) is 28.1. The monoisotopic (exact) mass is 685 g/mol. The number of carbonyl (C=O) groups excluding carboxylic acids is 5. The summed E-state index contributed by atoms with van der Waals surface area (Å²) < 4.78 is 22.0. The molecule has 2 amide bonds. The van der Waals surface area contributed by atoms with Crippen LogP contribution in [0.1, 0.15) is 36.5 Å². The van der Waals surface area contributed by atoms with Crippen LogP contribution in [0.3, 0.4) is 0 Å². The highest BCUT2D eigenvalue weighted by Gasteiger charge is 2.45. The minimum atomic E-state index is -1.61. The number of carbonyl (C=O) groups is 5. The number of hydrogen-bond donors (Lipinski definition) is 1. The van der Waals surface area contributed by atoms with E-state index in [0.717, 1.165) is 35.1 Å². The Morgan fingerprint density at radius 3 is 2.14 bits per heavy atom. The van der Waals surface area contributed by atoms with Gasteiger partial charge in [-0.1, -0.05) is 91.0 Å². The molecule has 1 heterocycles. The minimum Gasteiger partial charge on any atom is -0.453 e. The second-order valence-electron chi connectivity index (χ2n) is 11.9. The van der Waals surface area contributed by atoms with Crippen molar-refractivity contribution in [1.82, 2.24) is 4.90 Å². The summed E-state index contributed by atoms with van der Waals surface area (Å²) in [6.07, 6.45) is -0.162. The number of aliphatic hydroxyl groups excluding tert-OH is 1. The van der Waals surface area contributed by atoms with Crippen LogP contribution in [-0.4, -0.2) is 84.2 Å². The van der Waals surface area contributed by atoms with Crippen LogP contribution in [0.5, 0.6) is 0 Å². The van der Waals surface area contributed by atoms with Crippen molar-refractivity contribution in [2.45, 2.75) is 57.5 Å². The molecule has 3 aromatic carbocycles. The molecule has 1 aliphatic rings. The molecular weight excluding hydrogens is 642 g/mol. The van der Waals surface area contributed by atoms with Crippen LogP contribution >= 0.6 is 0 Å². The third-order valence-electron chi connectivity index (χ3n) is 8.05. The normalized spacial score (nSPS) is 16.1. The van der Waals surface area contributed by atoms with Gasteiger partial charge in [-0.25, -0.2) is 9.69 Å².